The second-order valence-corrected chi connectivity index (χ2v) is 6.25. The molecular weight excluding hydrogens is 248 g/mol. The molecule has 2 rings (SSSR count). The minimum atomic E-state index is -0.160. The van der Waals surface area contributed by atoms with Gasteiger partial charge in [0.1, 0.15) is 0 Å². The highest BCUT2D eigenvalue weighted by molar-refractivity contribution is 5.29. The highest BCUT2D eigenvalue weighted by Gasteiger charge is 2.40. The van der Waals surface area contributed by atoms with Gasteiger partial charge in [-0.15, -0.1) is 0 Å². The SMILES string of the molecule is COC1(C(NN)c2ccc(C(C)C)cc2)CCCCC1. The third-order valence-corrected chi connectivity index (χ3v) is 4.74. The highest BCUT2D eigenvalue weighted by Crippen LogP contribution is 2.40. The Hall–Kier alpha value is -0.900. The molecule has 112 valence electrons. The van der Waals surface area contributed by atoms with Crippen LogP contribution in [0, 0.1) is 0 Å². The van der Waals surface area contributed by atoms with Crippen LogP contribution in [0.4, 0.5) is 0 Å². The van der Waals surface area contributed by atoms with Crippen molar-refractivity contribution >= 4 is 0 Å². The zero-order chi connectivity index (χ0) is 14.6. The maximum absolute atomic E-state index is 5.92. The fourth-order valence-electron chi connectivity index (χ4n) is 3.39. The van der Waals surface area contributed by atoms with Gasteiger partial charge in [-0.25, -0.2) is 0 Å². The van der Waals surface area contributed by atoms with Crippen LogP contribution in [0.15, 0.2) is 24.3 Å². The average molecular weight is 276 g/mol. The van der Waals surface area contributed by atoms with Crippen LogP contribution >= 0.6 is 0 Å². The number of hydrogen-bond donors (Lipinski definition) is 2. The normalized spacial score (nSPS) is 20.1. The van der Waals surface area contributed by atoms with Crippen LogP contribution < -0.4 is 11.3 Å². The first-order valence-electron chi connectivity index (χ1n) is 7.74. The van der Waals surface area contributed by atoms with Crippen molar-refractivity contribution in [2.45, 2.75) is 63.5 Å². The third kappa shape index (κ3) is 3.05. The lowest BCUT2D eigenvalue weighted by Gasteiger charge is -2.42. The van der Waals surface area contributed by atoms with Crippen molar-refractivity contribution in [3.05, 3.63) is 35.4 Å². The molecule has 0 amide bonds. The first kappa shape index (κ1) is 15.5. The molecule has 1 saturated carbocycles. The molecule has 3 N–H and O–H groups in total. The van der Waals surface area contributed by atoms with Crippen LogP contribution in [-0.4, -0.2) is 12.7 Å². The average Bonchev–Trinajstić information content (AvgIpc) is 2.49. The zero-order valence-corrected chi connectivity index (χ0v) is 13.0. The van der Waals surface area contributed by atoms with Crippen molar-refractivity contribution in [2.24, 2.45) is 5.84 Å². The van der Waals surface area contributed by atoms with Gasteiger partial charge in [-0.3, -0.25) is 11.3 Å². The lowest BCUT2D eigenvalue weighted by atomic mass is 9.76. The summed E-state index contributed by atoms with van der Waals surface area (Å²) < 4.78 is 5.92. The standard InChI is InChI=1S/C17H28N2O/c1-13(2)14-7-9-15(10-8-14)16(19-18)17(20-3)11-5-4-6-12-17/h7-10,13,16,19H,4-6,11-12,18H2,1-3H3. The molecule has 3 nitrogen and oxygen atoms in total. The Kier molecular flexibility index (Phi) is 5.19. The van der Waals surface area contributed by atoms with Gasteiger partial charge >= 0.3 is 0 Å². The molecule has 3 heteroatoms. The van der Waals surface area contributed by atoms with Crippen LogP contribution in [0.1, 0.15) is 69.0 Å². The number of hydrazine groups is 1. The topological polar surface area (TPSA) is 47.3 Å². The molecule has 0 aliphatic heterocycles. The number of nitrogens with two attached hydrogens (primary N) is 1. The van der Waals surface area contributed by atoms with E-state index in [2.05, 4.69) is 43.5 Å². The van der Waals surface area contributed by atoms with E-state index in [-0.39, 0.29) is 11.6 Å². The monoisotopic (exact) mass is 276 g/mol. The van der Waals surface area contributed by atoms with E-state index in [0.29, 0.717) is 5.92 Å². The fourth-order valence-corrected chi connectivity index (χ4v) is 3.39. The third-order valence-electron chi connectivity index (χ3n) is 4.74. The Bertz CT molecular complexity index is 408. The molecule has 0 saturated heterocycles. The van der Waals surface area contributed by atoms with Crippen molar-refractivity contribution in [1.82, 2.24) is 5.43 Å². The van der Waals surface area contributed by atoms with Crippen LogP contribution in [0.3, 0.4) is 0 Å². The van der Waals surface area contributed by atoms with Crippen molar-refractivity contribution in [2.75, 3.05) is 7.11 Å². The van der Waals surface area contributed by atoms with E-state index in [4.69, 9.17) is 10.6 Å². The fraction of sp³-hybridized carbons (Fsp3) is 0.647. The number of rotatable bonds is 5. The molecule has 1 aliphatic carbocycles. The maximum atomic E-state index is 5.92. The Morgan fingerprint density at radius 1 is 1.05 bits per heavy atom. The van der Waals surface area contributed by atoms with E-state index in [1.54, 1.807) is 0 Å². The summed E-state index contributed by atoms with van der Waals surface area (Å²) in [4.78, 5) is 0. The van der Waals surface area contributed by atoms with Gasteiger partial charge in [0.05, 0.1) is 11.6 Å². The lowest BCUT2D eigenvalue weighted by Crippen LogP contribution is -2.49. The quantitative estimate of drug-likeness (QED) is 0.637. The number of benzene rings is 1. The summed E-state index contributed by atoms with van der Waals surface area (Å²) in [6.45, 7) is 4.43. The van der Waals surface area contributed by atoms with Crippen LogP contribution in [0.2, 0.25) is 0 Å². The van der Waals surface area contributed by atoms with E-state index >= 15 is 0 Å². The summed E-state index contributed by atoms with van der Waals surface area (Å²) in [6, 6.07) is 8.85. The molecule has 0 radical (unpaired) electrons. The summed E-state index contributed by atoms with van der Waals surface area (Å²) in [5, 5.41) is 0. The molecule has 1 fully saturated rings. The molecular formula is C17H28N2O. The van der Waals surface area contributed by atoms with E-state index < -0.39 is 0 Å². The highest BCUT2D eigenvalue weighted by atomic mass is 16.5. The van der Waals surface area contributed by atoms with Gasteiger partial charge in [0.25, 0.3) is 0 Å². The molecule has 0 spiro atoms. The van der Waals surface area contributed by atoms with Crippen molar-refractivity contribution < 1.29 is 4.74 Å². The van der Waals surface area contributed by atoms with Gasteiger partial charge in [0.2, 0.25) is 0 Å². The lowest BCUT2D eigenvalue weighted by molar-refractivity contribution is -0.0688. The van der Waals surface area contributed by atoms with Crippen molar-refractivity contribution in [3.63, 3.8) is 0 Å². The van der Waals surface area contributed by atoms with Gasteiger partial charge in [-0.2, -0.15) is 0 Å². The molecule has 1 unspecified atom stereocenters. The predicted octanol–water partition coefficient (Wildman–Crippen LogP) is 3.66. The van der Waals surface area contributed by atoms with Crippen molar-refractivity contribution in [3.8, 4) is 0 Å². The van der Waals surface area contributed by atoms with Gasteiger partial charge < -0.3 is 4.74 Å². The zero-order valence-electron chi connectivity index (χ0n) is 13.0. The largest absolute Gasteiger partial charge is 0.376 e. The second kappa shape index (κ2) is 6.70. The molecule has 20 heavy (non-hydrogen) atoms. The number of methoxy groups -OCH3 is 1. The van der Waals surface area contributed by atoms with E-state index in [9.17, 15) is 0 Å². The summed E-state index contributed by atoms with van der Waals surface area (Å²) in [6.07, 6.45) is 5.88. The van der Waals surface area contributed by atoms with Gasteiger partial charge in [-0.05, 0) is 29.9 Å². The number of ether oxygens (including phenoxy) is 1. The minimum absolute atomic E-state index is 0.0639. The van der Waals surface area contributed by atoms with E-state index in [1.807, 2.05) is 7.11 Å². The summed E-state index contributed by atoms with van der Waals surface area (Å²) in [5.74, 6) is 6.42. The summed E-state index contributed by atoms with van der Waals surface area (Å²) in [7, 11) is 1.82. The molecule has 0 heterocycles. The Morgan fingerprint density at radius 3 is 2.05 bits per heavy atom. The smallest absolute Gasteiger partial charge is 0.0885 e. The summed E-state index contributed by atoms with van der Waals surface area (Å²) >= 11 is 0. The molecule has 1 atom stereocenters. The van der Waals surface area contributed by atoms with Crippen LogP contribution in [0.5, 0.6) is 0 Å². The number of hydrogen-bond acceptors (Lipinski definition) is 3. The van der Waals surface area contributed by atoms with Crippen LogP contribution in [0.25, 0.3) is 0 Å². The van der Waals surface area contributed by atoms with Gasteiger partial charge in [0, 0.05) is 7.11 Å². The minimum Gasteiger partial charge on any atom is -0.376 e. The Balaban J connectivity index is 2.26. The molecule has 1 aliphatic rings. The molecule has 1 aromatic carbocycles. The molecule has 1 aromatic rings. The van der Waals surface area contributed by atoms with Gasteiger partial charge in [0.15, 0.2) is 0 Å². The maximum Gasteiger partial charge on any atom is 0.0885 e. The Morgan fingerprint density at radius 2 is 1.60 bits per heavy atom. The summed E-state index contributed by atoms with van der Waals surface area (Å²) in [5.41, 5.74) is 5.43. The first-order valence-corrected chi connectivity index (χ1v) is 7.74. The van der Waals surface area contributed by atoms with Crippen molar-refractivity contribution in [1.29, 1.82) is 0 Å². The number of nitrogens with one attached hydrogen (secondary N) is 1. The molecule has 0 bridgehead atoms. The Labute approximate surface area is 122 Å². The van der Waals surface area contributed by atoms with Crippen LogP contribution in [-0.2, 0) is 4.74 Å². The first-order chi connectivity index (χ1) is 9.63. The van der Waals surface area contributed by atoms with E-state index in [1.165, 1.54) is 30.4 Å². The molecule has 0 aromatic heterocycles. The van der Waals surface area contributed by atoms with E-state index in [0.717, 1.165) is 12.8 Å². The van der Waals surface area contributed by atoms with Gasteiger partial charge in [-0.1, -0.05) is 57.4 Å². The predicted molar refractivity (Wildman–Crippen MR) is 83.4 cm³/mol. The second-order valence-electron chi connectivity index (χ2n) is 6.25.